The van der Waals surface area contributed by atoms with E-state index in [9.17, 15) is 10.1 Å². The van der Waals surface area contributed by atoms with Crippen LogP contribution in [0.5, 0.6) is 5.75 Å². The first-order valence-corrected chi connectivity index (χ1v) is 6.01. The molecule has 0 amide bonds. The Morgan fingerprint density at radius 2 is 2.00 bits per heavy atom. The summed E-state index contributed by atoms with van der Waals surface area (Å²) >= 11 is 0. The predicted molar refractivity (Wildman–Crippen MR) is 73.0 cm³/mol. The van der Waals surface area contributed by atoms with Crippen LogP contribution in [0.4, 0.5) is 0 Å². The molecule has 1 heterocycles. The Labute approximate surface area is 111 Å². The highest BCUT2D eigenvalue weighted by Crippen LogP contribution is 2.30. The molecular weight excluding hydrogens is 240 g/mol. The van der Waals surface area contributed by atoms with Crippen molar-refractivity contribution in [3.63, 3.8) is 0 Å². The summed E-state index contributed by atoms with van der Waals surface area (Å²) in [5.74, 6) is 0.676. The van der Waals surface area contributed by atoms with E-state index in [0.717, 1.165) is 5.56 Å². The molecule has 2 aromatic rings. The van der Waals surface area contributed by atoms with Crippen molar-refractivity contribution in [3.05, 3.63) is 52.4 Å². The number of hydrogen-bond donors (Lipinski definition) is 0. The summed E-state index contributed by atoms with van der Waals surface area (Å²) in [6.45, 7) is 2.43. The molecule has 0 unspecified atom stereocenters. The first-order valence-electron chi connectivity index (χ1n) is 6.01. The standard InChI is InChI=1S/C15H14N2O2/c1-3-19-14-7-5-4-6-12(14)11-8-9-17(2)15(18)13(11)10-16/h4-9H,3H2,1-2H3. The van der Waals surface area contributed by atoms with Gasteiger partial charge in [0, 0.05) is 24.4 Å². The number of rotatable bonds is 3. The van der Waals surface area contributed by atoms with E-state index in [0.29, 0.717) is 17.9 Å². The molecule has 0 radical (unpaired) electrons. The van der Waals surface area contributed by atoms with Crippen molar-refractivity contribution in [2.45, 2.75) is 6.92 Å². The minimum atomic E-state index is -0.300. The number of para-hydroxylation sites is 1. The molecule has 0 aliphatic rings. The van der Waals surface area contributed by atoms with Gasteiger partial charge in [-0.2, -0.15) is 5.26 Å². The van der Waals surface area contributed by atoms with Crippen molar-refractivity contribution in [1.29, 1.82) is 5.26 Å². The van der Waals surface area contributed by atoms with E-state index >= 15 is 0 Å². The van der Waals surface area contributed by atoms with Crippen LogP contribution in [0.1, 0.15) is 12.5 Å². The number of hydrogen-bond acceptors (Lipinski definition) is 3. The number of aromatic nitrogens is 1. The maximum absolute atomic E-state index is 12.0. The molecule has 0 saturated heterocycles. The minimum Gasteiger partial charge on any atom is -0.493 e. The van der Waals surface area contributed by atoms with Crippen LogP contribution in [0, 0.1) is 11.3 Å². The number of nitrogens with zero attached hydrogens (tertiary/aromatic N) is 2. The lowest BCUT2D eigenvalue weighted by Gasteiger charge is -2.11. The van der Waals surface area contributed by atoms with Gasteiger partial charge in [-0.05, 0) is 19.1 Å². The fraction of sp³-hybridized carbons (Fsp3) is 0.200. The molecule has 0 spiro atoms. The summed E-state index contributed by atoms with van der Waals surface area (Å²) in [6.07, 6.45) is 1.65. The van der Waals surface area contributed by atoms with Gasteiger partial charge in [-0.25, -0.2) is 0 Å². The fourth-order valence-electron chi connectivity index (χ4n) is 1.93. The zero-order chi connectivity index (χ0) is 13.8. The Balaban J connectivity index is 2.70. The predicted octanol–water partition coefficient (Wildman–Crippen LogP) is 2.32. The average Bonchev–Trinajstić information content (AvgIpc) is 2.43. The summed E-state index contributed by atoms with van der Waals surface area (Å²) in [5.41, 5.74) is 1.21. The summed E-state index contributed by atoms with van der Waals surface area (Å²) in [4.78, 5) is 12.0. The molecule has 0 N–H and O–H groups in total. The zero-order valence-corrected chi connectivity index (χ0v) is 10.9. The van der Waals surface area contributed by atoms with E-state index in [1.807, 2.05) is 37.3 Å². The number of ether oxygens (including phenoxy) is 1. The van der Waals surface area contributed by atoms with Crippen LogP contribution >= 0.6 is 0 Å². The average molecular weight is 254 g/mol. The van der Waals surface area contributed by atoms with E-state index in [2.05, 4.69) is 0 Å². The van der Waals surface area contributed by atoms with Crippen LogP contribution in [0.2, 0.25) is 0 Å². The van der Waals surface area contributed by atoms with Gasteiger partial charge in [0.05, 0.1) is 6.61 Å². The minimum absolute atomic E-state index is 0.136. The summed E-state index contributed by atoms with van der Waals surface area (Å²) in [6, 6.07) is 11.1. The first-order chi connectivity index (χ1) is 9.19. The third-order valence-electron chi connectivity index (χ3n) is 2.86. The van der Waals surface area contributed by atoms with Crippen LogP contribution in [0.3, 0.4) is 0 Å². The Morgan fingerprint density at radius 3 is 2.68 bits per heavy atom. The molecule has 19 heavy (non-hydrogen) atoms. The van der Waals surface area contributed by atoms with E-state index in [-0.39, 0.29) is 11.1 Å². The Kier molecular flexibility index (Phi) is 3.67. The van der Waals surface area contributed by atoms with Crippen LogP contribution in [-0.4, -0.2) is 11.2 Å². The molecule has 1 aromatic carbocycles. The van der Waals surface area contributed by atoms with Gasteiger partial charge >= 0.3 is 0 Å². The van der Waals surface area contributed by atoms with Crippen molar-refractivity contribution >= 4 is 0 Å². The molecule has 2 rings (SSSR count). The maximum atomic E-state index is 12.0. The Morgan fingerprint density at radius 1 is 1.26 bits per heavy atom. The zero-order valence-electron chi connectivity index (χ0n) is 10.9. The van der Waals surface area contributed by atoms with Crippen molar-refractivity contribution in [2.75, 3.05) is 6.61 Å². The Hall–Kier alpha value is -2.54. The van der Waals surface area contributed by atoms with Crippen molar-refractivity contribution in [2.24, 2.45) is 7.05 Å². The highest BCUT2D eigenvalue weighted by molar-refractivity contribution is 5.75. The quantitative estimate of drug-likeness (QED) is 0.844. The molecule has 4 nitrogen and oxygen atoms in total. The lowest BCUT2D eigenvalue weighted by atomic mass is 10.0. The number of aryl methyl sites for hydroxylation is 1. The smallest absolute Gasteiger partial charge is 0.268 e. The van der Waals surface area contributed by atoms with Gasteiger partial charge in [0.1, 0.15) is 17.4 Å². The number of pyridine rings is 1. The molecule has 1 aromatic heterocycles. The van der Waals surface area contributed by atoms with Gasteiger partial charge < -0.3 is 9.30 Å². The molecule has 0 aliphatic carbocycles. The van der Waals surface area contributed by atoms with Gasteiger partial charge in [0.25, 0.3) is 5.56 Å². The highest BCUT2D eigenvalue weighted by atomic mass is 16.5. The first kappa shape index (κ1) is 12.9. The second kappa shape index (κ2) is 5.40. The van der Waals surface area contributed by atoms with Gasteiger partial charge in [0.15, 0.2) is 0 Å². The fourth-order valence-corrected chi connectivity index (χ4v) is 1.93. The summed E-state index contributed by atoms with van der Waals surface area (Å²) < 4.78 is 6.94. The highest BCUT2D eigenvalue weighted by Gasteiger charge is 2.13. The van der Waals surface area contributed by atoms with E-state index < -0.39 is 0 Å². The second-order valence-electron chi connectivity index (χ2n) is 4.06. The third-order valence-corrected chi connectivity index (χ3v) is 2.86. The molecule has 0 saturated carbocycles. The van der Waals surface area contributed by atoms with E-state index in [1.54, 1.807) is 19.3 Å². The van der Waals surface area contributed by atoms with Gasteiger partial charge in [0.2, 0.25) is 0 Å². The van der Waals surface area contributed by atoms with Crippen LogP contribution in [0.25, 0.3) is 11.1 Å². The normalized spacial score (nSPS) is 9.95. The van der Waals surface area contributed by atoms with Crippen LogP contribution < -0.4 is 10.3 Å². The van der Waals surface area contributed by atoms with E-state index in [1.165, 1.54) is 4.57 Å². The molecule has 0 fully saturated rings. The molecule has 0 aliphatic heterocycles. The SMILES string of the molecule is CCOc1ccccc1-c1ccn(C)c(=O)c1C#N. The van der Waals surface area contributed by atoms with Crippen LogP contribution in [0.15, 0.2) is 41.3 Å². The molecule has 4 heteroatoms. The lowest BCUT2D eigenvalue weighted by molar-refractivity contribution is 0.341. The summed E-state index contributed by atoms with van der Waals surface area (Å²) in [5, 5.41) is 9.20. The Bertz CT molecular complexity index is 696. The van der Waals surface area contributed by atoms with Gasteiger partial charge in [-0.3, -0.25) is 4.79 Å². The maximum Gasteiger partial charge on any atom is 0.268 e. The monoisotopic (exact) mass is 254 g/mol. The van der Waals surface area contributed by atoms with Crippen molar-refractivity contribution in [3.8, 4) is 22.9 Å². The van der Waals surface area contributed by atoms with Crippen LogP contribution in [-0.2, 0) is 7.05 Å². The lowest BCUT2D eigenvalue weighted by Crippen LogP contribution is -2.19. The number of benzene rings is 1. The second-order valence-corrected chi connectivity index (χ2v) is 4.06. The topological polar surface area (TPSA) is 55.0 Å². The third kappa shape index (κ3) is 2.36. The molecule has 0 bridgehead atoms. The van der Waals surface area contributed by atoms with Gasteiger partial charge in [-0.1, -0.05) is 18.2 Å². The van der Waals surface area contributed by atoms with Crippen molar-refractivity contribution < 1.29 is 4.74 Å². The van der Waals surface area contributed by atoms with E-state index in [4.69, 9.17) is 4.74 Å². The molecule has 0 atom stereocenters. The number of nitriles is 1. The molecular formula is C15H14N2O2. The largest absolute Gasteiger partial charge is 0.493 e. The van der Waals surface area contributed by atoms with Crippen molar-refractivity contribution in [1.82, 2.24) is 4.57 Å². The summed E-state index contributed by atoms with van der Waals surface area (Å²) in [7, 11) is 1.63. The molecule has 96 valence electrons. The van der Waals surface area contributed by atoms with Gasteiger partial charge in [-0.15, -0.1) is 0 Å².